The molecule has 3 rings (SSSR count). The fraction of sp³-hybridized carbons (Fsp3) is 0.292. The van der Waals surface area contributed by atoms with Crippen LogP contribution in [0.2, 0.25) is 0 Å². The number of amides is 3. The lowest BCUT2D eigenvalue weighted by molar-refractivity contribution is -0.116. The van der Waals surface area contributed by atoms with Crippen LogP contribution in [0.25, 0.3) is 5.69 Å². The monoisotopic (exact) mass is 435 g/mol. The Morgan fingerprint density at radius 2 is 1.69 bits per heavy atom. The van der Waals surface area contributed by atoms with Crippen molar-refractivity contribution in [3.63, 3.8) is 0 Å². The molecule has 0 aliphatic heterocycles. The van der Waals surface area contributed by atoms with E-state index in [1.54, 1.807) is 31.0 Å². The van der Waals surface area contributed by atoms with Crippen LogP contribution in [0.5, 0.6) is 5.75 Å². The van der Waals surface area contributed by atoms with Gasteiger partial charge in [-0.05, 0) is 36.4 Å². The zero-order chi connectivity index (χ0) is 23.3. The van der Waals surface area contributed by atoms with E-state index >= 15 is 0 Å². The first-order valence-electron chi connectivity index (χ1n) is 10.3. The summed E-state index contributed by atoms with van der Waals surface area (Å²) in [5.74, 6) is 0.932. The van der Waals surface area contributed by atoms with Crippen molar-refractivity contribution < 1.29 is 14.3 Å². The van der Waals surface area contributed by atoms with E-state index in [9.17, 15) is 9.59 Å². The number of hydrogen-bond donors (Lipinski definition) is 2. The Bertz CT molecular complexity index is 1070. The van der Waals surface area contributed by atoms with Gasteiger partial charge in [-0.3, -0.25) is 4.79 Å². The van der Waals surface area contributed by atoms with Crippen molar-refractivity contribution in [2.75, 3.05) is 31.3 Å². The van der Waals surface area contributed by atoms with Crippen LogP contribution in [0.3, 0.4) is 0 Å². The molecule has 0 saturated heterocycles. The summed E-state index contributed by atoms with van der Waals surface area (Å²) >= 11 is 0. The van der Waals surface area contributed by atoms with Gasteiger partial charge in [0, 0.05) is 24.2 Å². The minimum absolute atomic E-state index is 0.114. The summed E-state index contributed by atoms with van der Waals surface area (Å²) in [6, 6.07) is 18.0. The van der Waals surface area contributed by atoms with E-state index in [-0.39, 0.29) is 23.9 Å². The van der Waals surface area contributed by atoms with Crippen LogP contribution in [0.1, 0.15) is 26.5 Å². The largest absolute Gasteiger partial charge is 0.497 e. The fourth-order valence-electron chi connectivity index (χ4n) is 2.97. The maximum absolute atomic E-state index is 12.7. The Morgan fingerprint density at radius 3 is 2.28 bits per heavy atom. The highest BCUT2D eigenvalue weighted by Crippen LogP contribution is 2.27. The summed E-state index contributed by atoms with van der Waals surface area (Å²) in [5, 5.41) is 10.3. The highest BCUT2D eigenvalue weighted by molar-refractivity contribution is 5.96. The number of para-hydroxylation sites is 1. The van der Waals surface area contributed by atoms with Gasteiger partial charge in [0.25, 0.3) is 0 Å². The van der Waals surface area contributed by atoms with E-state index < -0.39 is 0 Å². The first-order valence-corrected chi connectivity index (χ1v) is 10.3. The second-order valence-corrected chi connectivity index (χ2v) is 8.48. The lowest BCUT2D eigenvalue weighted by atomic mass is 9.92. The van der Waals surface area contributed by atoms with Gasteiger partial charge in [0.05, 0.1) is 18.5 Å². The third kappa shape index (κ3) is 5.66. The Hall–Kier alpha value is -3.81. The average molecular weight is 436 g/mol. The number of carbonyl (C=O) groups excluding carboxylic acids is 2. The number of carbonyl (C=O) groups is 2. The molecule has 3 aromatic rings. The van der Waals surface area contributed by atoms with Crippen molar-refractivity contribution in [3.8, 4) is 11.4 Å². The Morgan fingerprint density at radius 1 is 1.03 bits per heavy atom. The normalized spacial score (nSPS) is 11.0. The molecule has 0 saturated carbocycles. The van der Waals surface area contributed by atoms with E-state index in [4.69, 9.17) is 9.84 Å². The van der Waals surface area contributed by atoms with Crippen LogP contribution in [-0.2, 0) is 10.2 Å². The molecule has 0 aliphatic rings. The summed E-state index contributed by atoms with van der Waals surface area (Å²) in [7, 11) is 3.18. The van der Waals surface area contributed by atoms with Crippen molar-refractivity contribution in [1.82, 2.24) is 14.7 Å². The van der Waals surface area contributed by atoms with Gasteiger partial charge in [-0.2, -0.15) is 5.10 Å². The molecule has 3 amide bonds. The molecule has 0 aliphatic carbocycles. The number of ether oxygens (including phenoxy) is 1. The zero-order valence-corrected chi connectivity index (χ0v) is 19.0. The molecular weight excluding hydrogens is 406 g/mol. The number of aromatic nitrogens is 2. The molecule has 0 atom stereocenters. The number of nitrogens with zero attached hydrogens (tertiary/aromatic N) is 3. The van der Waals surface area contributed by atoms with Gasteiger partial charge < -0.3 is 20.3 Å². The predicted octanol–water partition coefficient (Wildman–Crippen LogP) is 4.28. The summed E-state index contributed by atoms with van der Waals surface area (Å²) in [4.78, 5) is 26.4. The fourth-order valence-corrected chi connectivity index (χ4v) is 2.97. The number of rotatable bonds is 6. The average Bonchev–Trinajstić information content (AvgIpc) is 3.18. The van der Waals surface area contributed by atoms with Gasteiger partial charge >= 0.3 is 6.03 Å². The SMILES string of the molecule is COc1ccc(-n2nc(C(C)(C)C)cc2NC(=O)CN(C)C(=O)Nc2ccccc2)cc1. The zero-order valence-electron chi connectivity index (χ0n) is 19.0. The van der Waals surface area contributed by atoms with E-state index in [1.165, 1.54) is 4.90 Å². The third-order valence-corrected chi connectivity index (χ3v) is 4.81. The van der Waals surface area contributed by atoms with Gasteiger partial charge in [-0.25, -0.2) is 9.48 Å². The van der Waals surface area contributed by atoms with Crippen molar-refractivity contribution >= 4 is 23.4 Å². The maximum atomic E-state index is 12.7. The molecule has 0 spiro atoms. The minimum Gasteiger partial charge on any atom is -0.497 e. The molecule has 2 aromatic carbocycles. The molecule has 0 fully saturated rings. The molecule has 0 unspecified atom stereocenters. The van der Waals surface area contributed by atoms with Crippen LogP contribution in [-0.4, -0.2) is 47.3 Å². The van der Waals surface area contributed by atoms with Gasteiger partial charge in [0.1, 0.15) is 18.1 Å². The van der Waals surface area contributed by atoms with Gasteiger partial charge in [-0.15, -0.1) is 0 Å². The standard InChI is InChI=1S/C24H29N5O3/c1-24(2,3)20-15-21(29(27-20)18-11-13-19(32-5)14-12-18)26-22(30)16-28(4)23(31)25-17-9-7-6-8-10-17/h6-15H,16H2,1-5H3,(H,25,31)(H,26,30). The molecule has 0 bridgehead atoms. The predicted molar refractivity (Wildman–Crippen MR) is 126 cm³/mol. The van der Waals surface area contributed by atoms with E-state index in [2.05, 4.69) is 31.4 Å². The van der Waals surface area contributed by atoms with Crippen molar-refractivity contribution in [2.45, 2.75) is 26.2 Å². The quantitative estimate of drug-likeness (QED) is 0.605. The highest BCUT2D eigenvalue weighted by atomic mass is 16.5. The third-order valence-electron chi connectivity index (χ3n) is 4.81. The molecule has 8 heteroatoms. The summed E-state index contributed by atoms with van der Waals surface area (Å²) in [6.07, 6.45) is 0. The highest BCUT2D eigenvalue weighted by Gasteiger charge is 2.22. The van der Waals surface area contributed by atoms with Gasteiger partial charge in [-0.1, -0.05) is 39.0 Å². The van der Waals surface area contributed by atoms with E-state index in [1.807, 2.05) is 48.5 Å². The van der Waals surface area contributed by atoms with Crippen LogP contribution in [0.4, 0.5) is 16.3 Å². The number of nitrogens with one attached hydrogen (secondary N) is 2. The van der Waals surface area contributed by atoms with E-state index in [0.717, 1.165) is 17.1 Å². The molecule has 8 nitrogen and oxygen atoms in total. The van der Waals surface area contributed by atoms with Crippen LogP contribution >= 0.6 is 0 Å². The Balaban J connectivity index is 1.75. The molecule has 168 valence electrons. The number of benzene rings is 2. The van der Waals surface area contributed by atoms with Crippen molar-refractivity contribution in [2.24, 2.45) is 0 Å². The molecule has 32 heavy (non-hydrogen) atoms. The molecule has 1 aromatic heterocycles. The van der Waals surface area contributed by atoms with Crippen LogP contribution in [0, 0.1) is 0 Å². The van der Waals surface area contributed by atoms with Gasteiger partial charge in [0.2, 0.25) is 5.91 Å². The minimum atomic E-state index is -0.370. The van der Waals surface area contributed by atoms with Crippen LogP contribution < -0.4 is 15.4 Å². The number of methoxy groups -OCH3 is 1. The van der Waals surface area contributed by atoms with Gasteiger partial charge in [0.15, 0.2) is 0 Å². The first-order chi connectivity index (χ1) is 15.2. The van der Waals surface area contributed by atoms with Crippen molar-refractivity contribution in [1.29, 1.82) is 0 Å². The summed E-state index contributed by atoms with van der Waals surface area (Å²) in [5.41, 5.74) is 2.08. The molecule has 2 N–H and O–H groups in total. The number of likely N-dealkylation sites (N-methyl/N-ethyl adjacent to an activating group) is 1. The summed E-state index contributed by atoms with van der Waals surface area (Å²) < 4.78 is 6.91. The topological polar surface area (TPSA) is 88.5 Å². The number of anilines is 2. The smallest absolute Gasteiger partial charge is 0.322 e. The van der Waals surface area contributed by atoms with Crippen molar-refractivity contribution in [3.05, 3.63) is 66.4 Å². The summed E-state index contributed by atoms with van der Waals surface area (Å²) in [6.45, 7) is 6.06. The second-order valence-electron chi connectivity index (χ2n) is 8.48. The Kier molecular flexibility index (Phi) is 6.82. The first kappa shape index (κ1) is 22.9. The van der Waals surface area contributed by atoms with E-state index in [0.29, 0.717) is 11.5 Å². The maximum Gasteiger partial charge on any atom is 0.322 e. The lowest BCUT2D eigenvalue weighted by Crippen LogP contribution is -2.37. The molecular formula is C24H29N5O3. The number of urea groups is 1. The number of hydrogen-bond acceptors (Lipinski definition) is 4. The molecule has 1 heterocycles. The Labute approximate surface area is 188 Å². The van der Waals surface area contributed by atoms with Crippen LogP contribution in [0.15, 0.2) is 60.7 Å². The molecule has 0 radical (unpaired) electrons. The lowest BCUT2D eigenvalue weighted by Gasteiger charge is -2.18. The second kappa shape index (κ2) is 9.55.